The zero-order valence-corrected chi connectivity index (χ0v) is 10.5. The first kappa shape index (κ1) is 14.0. The predicted molar refractivity (Wildman–Crippen MR) is 63.4 cm³/mol. The topological polar surface area (TPSA) is 20.2 Å². The molecule has 0 aliphatic carbocycles. The molecule has 14 heavy (non-hydrogen) atoms. The van der Waals surface area contributed by atoms with Crippen LogP contribution in [-0.4, -0.2) is 11.7 Å². The van der Waals surface area contributed by atoms with Crippen molar-refractivity contribution in [3.8, 4) is 0 Å². The lowest BCUT2D eigenvalue weighted by atomic mass is 9.81. The molecule has 0 aliphatic heterocycles. The third-order valence-corrected chi connectivity index (χ3v) is 3.10. The van der Waals surface area contributed by atoms with Gasteiger partial charge in [-0.25, -0.2) is 0 Å². The Morgan fingerprint density at radius 3 is 2.29 bits per heavy atom. The molecule has 0 aromatic rings. The van der Waals surface area contributed by atoms with Gasteiger partial charge in [-0.2, -0.15) is 0 Å². The van der Waals surface area contributed by atoms with Crippen LogP contribution in [-0.2, 0) is 0 Å². The van der Waals surface area contributed by atoms with Crippen molar-refractivity contribution in [3.05, 3.63) is 0 Å². The number of hydrogen-bond donors (Lipinski definition) is 1. The molecule has 1 nitrogen and oxygen atoms in total. The molecule has 0 aromatic carbocycles. The maximum atomic E-state index is 8.73. The summed E-state index contributed by atoms with van der Waals surface area (Å²) >= 11 is 0. The number of hydrogen-bond acceptors (Lipinski definition) is 1. The molecule has 0 radical (unpaired) electrons. The fourth-order valence-corrected chi connectivity index (χ4v) is 2.02. The molecule has 0 heterocycles. The molecule has 0 aliphatic rings. The minimum atomic E-state index is 0.350. The molecule has 0 spiro atoms. The highest BCUT2D eigenvalue weighted by Gasteiger charge is 2.17. The average molecular weight is 200 g/mol. The van der Waals surface area contributed by atoms with E-state index in [0.717, 1.165) is 12.3 Å². The van der Waals surface area contributed by atoms with E-state index in [1.54, 1.807) is 0 Å². The van der Waals surface area contributed by atoms with Crippen LogP contribution < -0.4 is 0 Å². The first-order valence-electron chi connectivity index (χ1n) is 6.12. The van der Waals surface area contributed by atoms with E-state index >= 15 is 0 Å². The Balaban J connectivity index is 3.58. The van der Waals surface area contributed by atoms with Gasteiger partial charge in [0.15, 0.2) is 0 Å². The zero-order chi connectivity index (χ0) is 11.0. The van der Waals surface area contributed by atoms with Crippen molar-refractivity contribution in [2.24, 2.45) is 11.3 Å². The Labute approximate surface area is 89.9 Å². The Morgan fingerprint density at radius 1 is 1.14 bits per heavy atom. The molecule has 0 saturated carbocycles. The average Bonchev–Trinajstić information content (AvgIpc) is 2.11. The molecular weight excluding hydrogens is 172 g/mol. The SMILES string of the molecule is CCCC(C)(C)CCC(C)CCCO. The van der Waals surface area contributed by atoms with Gasteiger partial charge in [0, 0.05) is 6.61 Å². The molecule has 0 aromatic heterocycles. The second-order valence-corrected chi connectivity index (χ2v) is 5.42. The summed E-state index contributed by atoms with van der Waals surface area (Å²) < 4.78 is 0. The molecule has 0 fully saturated rings. The summed E-state index contributed by atoms with van der Waals surface area (Å²) in [5.74, 6) is 0.776. The summed E-state index contributed by atoms with van der Waals surface area (Å²) in [7, 11) is 0. The smallest absolute Gasteiger partial charge is 0.0431 e. The van der Waals surface area contributed by atoms with Crippen LogP contribution >= 0.6 is 0 Å². The van der Waals surface area contributed by atoms with Gasteiger partial charge in [0.05, 0.1) is 0 Å². The molecule has 1 atom stereocenters. The monoisotopic (exact) mass is 200 g/mol. The summed E-state index contributed by atoms with van der Waals surface area (Å²) in [5, 5.41) is 8.73. The van der Waals surface area contributed by atoms with E-state index in [4.69, 9.17) is 5.11 Å². The van der Waals surface area contributed by atoms with Crippen molar-refractivity contribution in [3.63, 3.8) is 0 Å². The minimum Gasteiger partial charge on any atom is -0.396 e. The van der Waals surface area contributed by atoms with Crippen LogP contribution in [0.25, 0.3) is 0 Å². The van der Waals surface area contributed by atoms with Crippen molar-refractivity contribution < 1.29 is 5.11 Å². The molecule has 0 bridgehead atoms. The van der Waals surface area contributed by atoms with Gasteiger partial charge >= 0.3 is 0 Å². The molecule has 86 valence electrons. The van der Waals surface area contributed by atoms with E-state index in [1.165, 1.54) is 32.1 Å². The molecule has 1 unspecified atom stereocenters. The maximum Gasteiger partial charge on any atom is 0.0431 e. The summed E-state index contributed by atoms with van der Waals surface area (Å²) in [6.07, 6.45) is 7.41. The number of aliphatic hydroxyl groups is 1. The van der Waals surface area contributed by atoms with Crippen molar-refractivity contribution in [1.29, 1.82) is 0 Å². The second-order valence-electron chi connectivity index (χ2n) is 5.42. The third-order valence-electron chi connectivity index (χ3n) is 3.10. The molecule has 0 saturated heterocycles. The van der Waals surface area contributed by atoms with E-state index in [9.17, 15) is 0 Å². The summed E-state index contributed by atoms with van der Waals surface area (Å²) in [4.78, 5) is 0. The largest absolute Gasteiger partial charge is 0.396 e. The second kappa shape index (κ2) is 7.28. The predicted octanol–water partition coefficient (Wildman–Crippen LogP) is 4.00. The number of aliphatic hydroxyl groups excluding tert-OH is 1. The van der Waals surface area contributed by atoms with Gasteiger partial charge in [-0.3, -0.25) is 0 Å². The molecule has 1 N–H and O–H groups in total. The maximum absolute atomic E-state index is 8.73. The van der Waals surface area contributed by atoms with Crippen LogP contribution in [0, 0.1) is 11.3 Å². The van der Waals surface area contributed by atoms with E-state index in [2.05, 4.69) is 27.7 Å². The Hall–Kier alpha value is -0.0400. The first-order chi connectivity index (χ1) is 6.52. The van der Waals surface area contributed by atoms with Gasteiger partial charge in [-0.1, -0.05) is 40.5 Å². The summed E-state index contributed by atoms with van der Waals surface area (Å²) in [5.41, 5.74) is 0.516. The van der Waals surface area contributed by atoms with Crippen molar-refractivity contribution in [2.45, 2.75) is 66.2 Å². The molecule has 0 rings (SSSR count). The normalized spacial score (nSPS) is 14.4. The fourth-order valence-electron chi connectivity index (χ4n) is 2.02. The van der Waals surface area contributed by atoms with Crippen molar-refractivity contribution >= 4 is 0 Å². The zero-order valence-electron chi connectivity index (χ0n) is 10.5. The lowest BCUT2D eigenvalue weighted by Crippen LogP contribution is -2.12. The first-order valence-corrected chi connectivity index (χ1v) is 6.12. The third kappa shape index (κ3) is 7.37. The van der Waals surface area contributed by atoms with Crippen molar-refractivity contribution in [2.75, 3.05) is 6.61 Å². The molecule has 1 heteroatoms. The van der Waals surface area contributed by atoms with Crippen LogP contribution in [0.15, 0.2) is 0 Å². The van der Waals surface area contributed by atoms with E-state index in [-0.39, 0.29) is 0 Å². The minimum absolute atomic E-state index is 0.350. The van der Waals surface area contributed by atoms with Crippen LogP contribution in [0.5, 0.6) is 0 Å². The standard InChI is InChI=1S/C13H28O/c1-5-9-13(3,4)10-8-12(2)7-6-11-14/h12,14H,5-11H2,1-4H3. The Kier molecular flexibility index (Phi) is 7.26. The summed E-state index contributed by atoms with van der Waals surface area (Å²) in [6.45, 7) is 9.65. The van der Waals surface area contributed by atoms with Crippen molar-refractivity contribution in [1.82, 2.24) is 0 Å². The molecule has 0 amide bonds. The molecular formula is C13H28O. The van der Waals surface area contributed by atoms with Crippen LogP contribution in [0.3, 0.4) is 0 Å². The highest BCUT2D eigenvalue weighted by molar-refractivity contribution is 4.69. The van der Waals surface area contributed by atoms with E-state index in [1.807, 2.05) is 0 Å². The van der Waals surface area contributed by atoms with E-state index in [0.29, 0.717) is 12.0 Å². The Morgan fingerprint density at radius 2 is 1.79 bits per heavy atom. The highest BCUT2D eigenvalue weighted by atomic mass is 16.2. The van der Waals surface area contributed by atoms with Gasteiger partial charge in [-0.05, 0) is 37.0 Å². The summed E-state index contributed by atoms with van der Waals surface area (Å²) in [6, 6.07) is 0. The lowest BCUT2D eigenvalue weighted by Gasteiger charge is -2.25. The lowest BCUT2D eigenvalue weighted by molar-refractivity contribution is 0.248. The van der Waals surface area contributed by atoms with Gasteiger partial charge in [-0.15, -0.1) is 0 Å². The number of rotatable bonds is 8. The Bertz CT molecular complexity index is 129. The van der Waals surface area contributed by atoms with Gasteiger partial charge < -0.3 is 5.11 Å². The fraction of sp³-hybridized carbons (Fsp3) is 1.00. The van der Waals surface area contributed by atoms with Crippen LogP contribution in [0.4, 0.5) is 0 Å². The van der Waals surface area contributed by atoms with Gasteiger partial charge in [0.25, 0.3) is 0 Å². The van der Waals surface area contributed by atoms with Crippen LogP contribution in [0.2, 0.25) is 0 Å². The highest BCUT2D eigenvalue weighted by Crippen LogP contribution is 2.30. The van der Waals surface area contributed by atoms with Crippen LogP contribution in [0.1, 0.15) is 66.2 Å². The van der Waals surface area contributed by atoms with Gasteiger partial charge in [0.1, 0.15) is 0 Å². The quantitative estimate of drug-likeness (QED) is 0.628. The van der Waals surface area contributed by atoms with Gasteiger partial charge in [0.2, 0.25) is 0 Å². The van der Waals surface area contributed by atoms with E-state index < -0.39 is 0 Å².